The third-order valence-electron chi connectivity index (χ3n) is 4.02. The molecule has 0 saturated carbocycles. The van der Waals surface area contributed by atoms with Gasteiger partial charge in [-0.2, -0.15) is 0 Å². The van der Waals surface area contributed by atoms with Gasteiger partial charge in [-0.05, 0) is 45.4 Å². The molecule has 0 saturated heterocycles. The van der Waals surface area contributed by atoms with Crippen molar-refractivity contribution in [2.45, 2.75) is 32.8 Å². The zero-order valence-corrected chi connectivity index (χ0v) is 19.1. The highest BCUT2D eigenvalue weighted by atomic mass is 79.9. The number of nitrogens with one attached hydrogen (secondary N) is 3. The highest BCUT2D eigenvalue weighted by Crippen LogP contribution is 2.25. The van der Waals surface area contributed by atoms with Gasteiger partial charge in [-0.25, -0.2) is 4.79 Å². The molecule has 0 unspecified atom stereocenters. The Kier molecular flexibility index (Phi) is 8.14. The number of alkyl carbamates (subject to hydrolysis) is 1. The van der Waals surface area contributed by atoms with Gasteiger partial charge in [-0.1, -0.05) is 15.9 Å². The van der Waals surface area contributed by atoms with E-state index in [-0.39, 0.29) is 37.3 Å². The Bertz CT molecular complexity index is 896. The fraction of sp³-hybridized carbons (Fsp3) is 0.450. The molecule has 1 heterocycles. The summed E-state index contributed by atoms with van der Waals surface area (Å²) < 4.78 is 5.69. The van der Waals surface area contributed by atoms with Crippen molar-refractivity contribution in [3.63, 3.8) is 0 Å². The van der Waals surface area contributed by atoms with Gasteiger partial charge in [0.1, 0.15) is 12.1 Å². The van der Waals surface area contributed by atoms with Gasteiger partial charge in [-0.3, -0.25) is 24.1 Å². The van der Waals surface area contributed by atoms with Gasteiger partial charge in [0.25, 0.3) is 11.8 Å². The molecule has 0 atom stereocenters. The van der Waals surface area contributed by atoms with Gasteiger partial charge in [0, 0.05) is 17.6 Å². The molecule has 0 aromatic heterocycles. The van der Waals surface area contributed by atoms with E-state index < -0.39 is 35.3 Å². The van der Waals surface area contributed by atoms with Crippen LogP contribution in [0.25, 0.3) is 0 Å². The summed E-state index contributed by atoms with van der Waals surface area (Å²) in [6, 6.07) is 4.75. The Hall–Kier alpha value is -2.95. The van der Waals surface area contributed by atoms with Gasteiger partial charge in [0.2, 0.25) is 11.8 Å². The van der Waals surface area contributed by atoms with Gasteiger partial charge in [0.15, 0.2) is 0 Å². The number of carbonyl (C=O) groups is 5. The minimum atomic E-state index is -0.685. The van der Waals surface area contributed by atoms with Crippen molar-refractivity contribution in [3.8, 4) is 0 Å². The third-order valence-corrected chi connectivity index (χ3v) is 4.52. The summed E-state index contributed by atoms with van der Waals surface area (Å²) in [5.41, 5.74) is -0.124. The van der Waals surface area contributed by atoms with Crippen LogP contribution in [0.3, 0.4) is 0 Å². The van der Waals surface area contributed by atoms with Crippen molar-refractivity contribution in [1.29, 1.82) is 0 Å². The molecule has 0 spiro atoms. The summed E-state index contributed by atoms with van der Waals surface area (Å²) in [7, 11) is 0. The number of halogens is 1. The molecular weight excluding hydrogens is 472 g/mol. The number of carbonyl (C=O) groups excluding carboxylic acids is 5. The molecule has 3 N–H and O–H groups in total. The van der Waals surface area contributed by atoms with E-state index in [9.17, 15) is 24.0 Å². The molecule has 1 aliphatic heterocycles. The smallest absolute Gasteiger partial charge is 0.408 e. The lowest BCUT2D eigenvalue weighted by molar-refractivity contribution is -0.121. The molecule has 168 valence electrons. The van der Waals surface area contributed by atoms with Crippen molar-refractivity contribution < 1.29 is 28.7 Å². The number of rotatable bonds is 8. The second-order valence-electron chi connectivity index (χ2n) is 7.80. The highest BCUT2D eigenvalue weighted by Gasteiger charge is 2.36. The zero-order valence-electron chi connectivity index (χ0n) is 17.5. The van der Waals surface area contributed by atoms with E-state index in [2.05, 4.69) is 31.9 Å². The van der Waals surface area contributed by atoms with Crippen LogP contribution in [0.4, 0.5) is 4.79 Å². The Morgan fingerprint density at radius 2 is 1.58 bits per heavy atom. The molecule has 5 amide bonds. The van der Waals surface area contributed by atoms with E-state index in [1.165, 1.54) is 6.07 Å². The molecule has 0 fully saturated rings. The van der Waals surface area contributed by atoms with Crippen LogP contribution in [0.1, 0.15) is 47.9 Å². The topological polar surface area (TPSA) is 134 Å². The average molecular weight is 497 g/mol. The number of ether oxygens (including phenoxy) is 1. The normalized spacial score (nSPS) is 13.0. The van der Waals surface area contributed by atoms with Crippen molar-refractivity contribution in [1.82, 2.24) is 20.9 Å². The minimum absolute atomic E-state index is 0.225. The first-order valence-corrected chi connectivity index (χ1v) is 10.4. The molecule has 11 heteroatoms. The maximum absolute atomic E-state index is 12.4. The molecule has 0 radical (unpaired) electrons. The van der Waals surface area contributed by atoms with Crippen LogP contribution in [-0.4, -0.2) is 66.4 Å². The van der Waals surface area contributed by atoms with E-state index >= 15 is 0 Å². The molecule has 1 aliphatic rings. The fourth-order valence-electron chi connectivity index (χ4n) is 2.68. The number of fused-ring (bicyclic) bond motifs is 1. The SMILES string of the molecule is CC(C)(C)OC(=O)NCC(=O)NCCCNC(=O)CN1C(=O)c2ccc(Br)cc2C1=O. The van der Waals surface area contributed by atoms with Crippen LogP contribution in [0.2, 0.25) is 0 Å². The van der Waals surface area contributed by atoms with Crippen LogP contribution >= 0.6 is 15.9 Å². The number of benzene rings is 1. The molecule has 1 aromatic rings. The first-order valence-electron chi connectivity index (χ1n) is 9.64. The standard InChI is InChI=1S/C20H25BrN4O6/c1-20(2,3)31-19(30)24-10-15(26)22-7-4-8-23-16(27)11-25-17(28)13-6-5-12(21)9-14(13)18(25)29/h5-6,9H,4,7-8,10-11H2,1-3H3,(H,22,26)(H,23,27)(H,24,30). The highest BCUT2D eigenvalue weighted by molar-refractivity contribution is 9.10. The van der Waals surface area contributed by atoms with Gasteiger partial charge in [-0.15, -0.1) is 0 Å². The second-order valence-corrected chi connectivity index (χ2v) is 8.71. The van der Waals surface area contributed by atoms with E-state index in [0.29, 0.717) is 10.9 Å². The predicted molar refractivity (Wildman–Crippen MR) is 114 cm³/mol. The third kappa shape index (κ3) is 7.35. The number of hydrogen-bond donors (Lipinski definition) is 3. The Labute approximate surface area is 188 Å². The first kappa shape index (κ1) is 24.3. The lowest BCUT2D eigenvalue weighted by Gasteiger charge is -2.19. The number of nitrogens with zero attached hydrogens (tertiary/aromatic N) is 1. The molecule has 0 aliphatic carbocycles. The fourth-order valence-corrected chi connectivity index (χ4v) is 3.04. The zero-order chi connectivity index (χ0) is 23.2. The summed E-state index contributed by atoms with van der Waals surface area (Å²) in [5.74, 6) is -1.89. The second kappa shape index (κ2) is 10.4. The van der Waals surface area contributed by atoms with Gasteiger partial charge < -0.3 is 20.7 Å². The number of hydrogen-bond acceptors (Lipinski definition) is 6. The van der Waals surface area contributed by atoms with E-state index in [1.54, 1.807) is 32.9 Å². The maximum Gasteiger partial charge on any atom is 0.408 e. The Morgan fingerprint density at radius 1 is 0.968 bits per heavy atom. The molecule has 0 bridgehead atoms. The predicted octanol–water partition coefficient (Wildman–Crippen LogP) is 1.19. The van der Waals surface area contributed by atoms with Crippen LogP contribution in [0.15, 0.2) is 22.7 Å². The molecular formula is C20H25BrN4O6. The lowest BCUT2D eigenvalue weighted by atomic mass is 10.1. The number of imide groups is 1. The Balaban J connectivity index is 1.64. The average Bonchev–Trinajstić information content (AvgIpc) is 2.89. The largest absolute Gasteiger partial charge is 0.444 e. The lowest BCUT2D eigenvalue weighted by Crippen LogP contribution is -2.42. The summed E-state index contributed by atoms with van der Waals surface area (Å²) in [6.07, 6.45) is -0.255. The minimum Gasteiger partial charge on any atom is -0.444 e. The van der Waals surface area contributed by atoms with Crippen LogP contribution in [-0.2, 0) is 14.3 Å². The van der Waals surface area contributed by atoms with E-state index in [0.717, 1.165) is 4.90 Å². The van der Waals surface area contributed by atoms with Crippen molar-refractivity contribution >= 4 is 45.7 Å². The van der Waals surface area contributed by atoms with Crippen LogP contribution < -0.4 is 16.0 Å². The van der Waals surface area contributed by atoms with Crippen LogP contribution in [0.5, 0.6) is 0 Å². The maximum atomic E-state index is 12.4. The van der Waals surface area contributed by atoms with E-state index in [1.807, 2.05) is 0 Å². The van der Waals surface area contributed by atoms with E-state index in [4.69, 9.17) is 4.74 Å². The summed E-state index contributed by atoms with van der Waals surface area (Å²) in [4.78, 5) is 60.8. The van der Waals surface area contributed by atoms with Crippen LogP contribution in [0, 0.1) is 0 Å². The monoisotopic (exact) mass is 496 g/mol. The number of amides is 5. The molecule has 31 heavy (non-hydrogen) atoms. The summed E-state index contributed by atoms with van der Waals surface area (Å²) in [6.45, 7) is 5.06. The van der Waals surface area contributed by atoms with Gasteiger partial charge >= 0.3 is 6.09 Å². The van der Waals surface area contributed by atoms with Crippen molar-refractivity contribution in [3.05, 3.63) is 33.8 Å². The first-order chi connectivity index (χ1) is 14.5. The quantitative estimate of drug-likeness (QED) is 0.365. The Morgan fingerprint density at radius 3 is 2.23 bits per heavy atom. The van der Waals surface area contributed by atoms with Crippen molar-refractivity contribution in [2.24, 2.45) is 0 Å². The molecule has 10 nitrogen and oxygen atoms in total. The summed E-state index contributed by atoms with van der Waals surface area (Å²) in [5, 5.41) is 7.54. The van der Waals surface area contributed by atoms with Gasteiger partial charge in [0.05, 0.1) is 17.7 Å². The molecule has 2 rings (SSSR count). The van der Waals surface area contributed by atoms with Crippen molar-refractivity contribution in [2.75, 3.05) is 26.2 Å². The molecule has 1 aromatic carbocycles. The summed E-state index contributed by atoms with van der Waals surface area (Å²) >= 11 is 3.25.